The summed E-state index contributed by atoms with van der Waals surface area (Å²) in [5.74, 6) is -5.87. The van der Waals surface area contributed by atoms with Gasteiger partial charge in [0.15, 0.2) is 18.1 Å². The molecule has 84 heavy (non-hydrogen) atoms. The van der Waals surface area contributed by atoms with Crippen molar-refractivity contribution >= 4 is 53.2 Å². The average Bonchev–Trinajstić information content (AvgIpc) is 4.17. The molecule has 0 spiro atoms. The van der Waals surface area contributed by atoms with E-state index in [9.17, 15) is 48.3 Å². The second-order valence-corrected chi connectivity index (χ2v) is 23.1. The second-order valence-electron chi connectivity index (χ2n) is 23.1. The minimum absolute atomic E-state index is 0.0760. The zero-order valence-electron chi connectivity index (χ0n) is 50.2. The molecule has 3 heterocycles. The smallest absolute Gasteiger partial charge is 0.330 e. The topological polar surface area (TPSA) is 257 Å². The first-order valence-electron chi connectivity index (χ1n) is 28.4. The molecule has 1 unspecified atom stereocenters. The number of hydrogen-bond donors (Lipinski definition) is 2. The van der Waals surface area contributed by atoms with Crippen molar-refractivity contribution in [2.75, 3.05) is 74.8 Å². The number of Topliss-reactive ketones (excluding diaryl/α,β-unsaturated/α-hetero) is 1. The standard InChI is InChI=1S/C62H82N6O16/c1-39-55(73)63-52(41-21-13-12-14-22-41)58(76)66(9)46(36-83-61(2,3)4)57(75)67-32-20-26-44(67)56(74)64(7)30-17-16-27-51(71)82-38-62(5,6)54(72)59(77)68-31-18-15-25-45(68)60(78)84-48(29-28-40-33-47(69)53(80-11)49(34-40)79-10)42-23-19-24-43(35-42)81-37-50(70)65(39)8/h12-14,16,19,21-24,27,33-35,39,44-46,48,52,69H,15,17-18,20,25-26,28-32,36-38H2,1-11H3,(H,63,73)/t39-,44-,45-,46-,48+,52?/m0/s1. The lowest BCUT2D eigenvalue weighted by Crippen LogP contribution is -2.58. The number of aromatic hydroxyl groups is 1. The fourth-order valence-corrected chi connectivity index (χ4v) is 10.1. The Bertz CT molecular complexity index is 2910. The molecule has 3 aliphatic heterocycles. The fraction of sp³-hybridized carbons (Fsp3) is 0.532. The molecule has 6 atom stereocenters. The predicted octanol–water partition coefficient (Wildman–Crippen LogP) is 5.28. The van der Waals surface area contributed by atoms with Crippen LogP contribution in [0.3, 0.4) is 0 Å². The number of hydrogen-bond acceptors (Lipinski definition) is 16. The molecule has 0 aromatic heterocycles. The van der Waals surface area contributed by atoms with Gasteiger partial charge < -0.3 is 63.3 Å². The van der Waals surface area contributed by atoms with Gasteiger partial charge >= 0.3 is 11.9 Å². The van der Waals surface area contributed by atoms with E-state index in [0.29, 0.717) is 42.4 Å². The molecule has 0 aliphatic carbocycles. The Morgan fingerprint density at radius 1 is 0.750 bits per heavy atom. The van der Waals surface area contributed by atoms with Crippen molar-refractivity contribution in [2.45, 2.75) is 135 Å². The van der Waals surface area contributed by atoms with E-state index in [0.717, 1.165) is 6.08 Å². The number of methoxy groups -OCH3 is 2. The number of amides is 6. The van der Waals surface area contributed by atoms with Crippen LogP contribution in [0.15, 0.2) is 78.9 Å². The summed E-state index contributed by atoms with van der Waals surface area (Å²) in [4.78, 5) is 134. The van der Waals surface area contributed by atoms with E-state index in [1.54, 1.807) is 88.5 Å². The van der Waals surface area contributed by atoms with Gasteiger partial charge in [0.25, 0.3) is 11.8 Å². The Balaban J connectivity index is 1.33. The first kappa shape index (κ1) is 65.1. The van der Waals surface area contributed by atoms with Crippen molar-refractivity contribution in [1.82, 2.24) is 29.8 Å². The summed E-state index contributed by atoms with van der Waals surface area (Å²) < 4.78 is 34.7. The first-order valence-corrected chi connectivity index (χ1v) is 28.4. The number of aryl methyl sites for hydroxylation is 1. The van der Waals surface area contributed by atoms with Crippen LogP contribution >= 0.6 is 0 Å². The first-order chi connectivity index (χ1) is 39.8. The van der Waals surface area contributed by atoms with E-state index in [-0.39, 0.29) is 80.8 Å². The average molecular weight is 1170 g/mol. The van der Waals surface area contributed by atoms with Gasteiger partial charge in [-0.1, -0.05) is 48.5 Å². The number of ether oxygens (including phenoxy) is 6. The maximum Gasteiger partial charge on any atom is 0.330 e. The number of benzene rings is 3. The highest BCUT2D eigenvalue weighted by molar-refractivity contribution is 6.38. The van der Waals surface area contributed by atoms with E-state index >= 15 is 0 Å². The fourth-order valence-electron chi connectivity index (χ4n) is 10.1. The van der Waals surface area contributed by atoms with Crippen molar-refractivity contribution in [3.63, 3.8) is 0 Å². The molecule has 2 saturated heterocycles. The molecule has 3 aliphatic rings. The van der Waals surface area contributed by atoms with Crippen LogP contribution in [0.4, 0.5) is 0 Å². The van der Waals surface area contributed by atoms with Crippen LogP contribution in [0, 0.1) is 5.41 Å². The Morgan fingerprint density at radius 3 is 2.13 bits per heavy atom. The number of rotatable bonds is 8. The van der Waals surface area contributed by atoms with E-state index in [1.807, 2.05) is 0 Å². The number of fused-ring (bicyclic) bond motifs is 4. The molecular formula is C62H82N6O16. The highest BCUT2D eigenvalue weighted by Gasteiger charge is 2.45. The van der Waals surface area contributed by atoms with Gasteiger partial charge in [0.1, 0.15) is 48.7 Å². The van der Waals surface area contributed by atoms with Crippen LogP contribution in [0.5, 0.6) is 23.0 Å². The van der Waals surface area contributed by atoms with Crippen molar-refractivity contribution < 1.29 is 76.7 Å². The molecule has 22 nitrogen and oxygen atoms in total. The molecule has 0 radical (unpaired) electrons. The predicted molar refractivity (Wildman–Crippen MR) is 307 cm³/mol. The Morgan fingerprint density at radius 2 is 1.44 bits per heavy atom. The number of nitrogens with one attached hydrogen (secondary N) is 1. The zero-order valence-corrected chi connectivity index (χ0v) is 50.2. The molecule has 6 rings (SSSR count). The van der Waals surface area contributed by atoms with Crippen LogP contribution in [0.1, 0.15) is 115 Å². The normalized spacial score (nSPS) is 23.7. The highest BCUT2D eigenvalue weighted by atomic mass is 16.5. The number of phenolic OH excluding ortho intramolecular Hbond substituents is 1. The van der Waals surface area contributed by atoms with Crippen LogP contribution in [-0.4, -0.2) is 187 Å². The van der Waals surface area contributed by atoms with Gasteiger partial charge in [-0.2, -0.15) is 0 Å². The van der Waals surface area contributed by atoms with E-state index in [2.05, 4.69) is 5.32 Å². The number of carbonyl (C=O) groups excluding carboxylic acids is 9. The number of phenols is 1. The lowest BCUT2D eigenvalue weighted by Gasteiger charge is -2.37. The number of esters is 2. The molecule has 3 aromatic carbocycles. The number of ketones is 1. The number of piperidine rings is 1. The molecular weight excluding hydrogens is 1080 g/mol. The van der Waals surface area contributed by atoms with Gasteiger partial charge in [-0.15, -0.1) is 0 Å². The SMILES string of the molecule is COc1cc(CC[C@H]2OC(=O)[C@@H]3CCCCN3C(=O)C(=O)C(C)(C)COC(=O)C=CCCN(C)C(=O)[C@@H]3CCCN3C(=O)[C@H](COC(C)(C)C)N(C)C(=O)C(c3ccccc3)NC(=O)[C@H](C)N(C)C(=O)COc3cccc2c3)cc(O)c1OC. The summed E-state index contributed by atoms with van der Waals surface area (Å²) in [6.07, 6.45) is 4.30. The third-order valence-electron chi connectivity index (χ3n) is 15.4. The number of cyclic esters (lactones) is 2. The van der Waals surface area contributed by atoms with Gasteiger partial charge in [-0.3, -0.25) is 33.6 Å². The molecule has 6 amide bonds. The van der Waals surface area contributed by atoms with Crippen molar-refractivity contribution in [3.8, 4) is 23.0 Å². The van der Waals surface area contributed by atoms with E-state index in [4.69, 9.17) is 28.4 Å². The molecule has 2 bridgehead atoms. The zero-order chi connectivity index (χ0) is 61.6. The summed E-state index contributed by atoms with van der Waals surface area (Å²) in [5.41, 5.74) is -0.827. The van der Waals surface area contributed by atoms with Crippen molar-refractivity contribution in [1.29, 1.82) is 0 Å². The maximum absolute atomic E-state index is 14.9. The highest BCUT2D eigenvalue weighted by Crippen LogP contribution is 2.39. The van der Waals surface area contributed by atoms with E-state index < -0.39 is 108 Å². The van der Waals surface area contributed by atoms with Crippen LogP contribution in [0.25, 0.3) is 0 Å². The monoisotopic (exact) mass is 1170 g/mol. The summed E-state index contributed by atoms with van der Waals surface area (Å²) in [6.45, 7) is 9.00. The number of nitrogens with zero attached hydrogens (tertiary/aromatic N) is 5. The maximum atomic E-state index is 14.9. The number of carbonyl (C=O) groups is 9. The minimum Gasteiger partial charge on any atom is -0.504 e. The largest absolute Gasteiger partial charge is 0.504 e. The Labute approximate surface area is 491 Å². The van der Waals surface area contributed by atoms with Gasteiger partial charge in [0, 0.05) is 46.9 Å². The lowest BCUT2D eigenvalue weighted by molar-refractivity contribution is -0.165. The summed E-state index contributed by atoms with van der Waals surface area (Å²) in [5, 5.41) is 13.6. The van der Waals surface area contributed by atoms with Crippen molar-refractivity contribution in [3.05, 3.63) is 95.6 Å². The summed E-state index contributed by atoms with van der Waals surface area (Å²) >= 11 is 0. The minimum atomic E-state index is -1.52. The molecule has 2 fully saturated rings. The van der Waals surface area contributed by atoms with Crippen molar-refractivity contribution in [2.24, 2.45) is 5.41 Å². The number of likely N-dealkylation sites (N-methyl/N-ethyl adjacent to an activating group) is 3. The van der Waals surface area contributed by atoms with Gasteiger partial charge in [-0.05, 0) is 134 Å². The second kappa shape index (κ2) is 29.0. The van der Waals surface area contributed by atoms with Crippen LogP contribution in [-0.2, 0) is 63.8 Å². The summed E-state index contributed by atoms with van der Waals surface area (Å²) in [6, 6.07) is 12.3. The van der Waals surface area contributed by atoms with E-state index in [1.165, 1.54) is 85.7 Å². The third kappa shape index (κ3) is 16.6. The summed E-state index contributed by atoms with van der Waals surface area (Å²) in [7, 11) is 7.25. The molecule has 2 N–H and O–H groups in total. The molecule has 0 saturated carbocycles. The van der Waals surface area contributed by atoms with Crippen LogP contribution in [0.2, 0.25) is 0 Å². The lowest BCUT2D eigenvalue weighted by atomic mass is 9.87. The molecule has 3 aromatic rings. The van der Waals surface area contributed by atoms with Gasteiger partial charge in [-0.25, -0.2) is 9.59 Å². The third-order valence-corrected chi connectivity index (χ3v) is 15.4. The molecule has 22 heteroatoms. The van der Waals surface area contributed by atoms with Gasteiger partial charge in [0.2, 0.25) is 35.2 Å². The Kier molecular flexibility index (Phi) is 22.5. The van der Waals surface area contributed by atoms with Gasteiger partial charge in [0.05, 0.1) is 31.8 Å². The van der Waals surface area contributed by atoms with Crippen LogP contribution < -0.4 is 19.5 Å². The quantitative estimate of drug-likeness (QED) is 0.215. The molecule has 456 valence electrons. The Hall–Kier alpha value is -8.01.